The minimum absolute atomic E-state index is 0.277. The average Bonchev–Trinajstić information content (AvgIpc) is 2.88. The standard InChI is InChI=1S/C18H19F2NO3/c19-12-4-3-11(15(20)9-12)10-18(7-1-2-8-18)21-16(22)13-5-6-14(13)17(23)24/h3-6,9,13-14H,1-2,7-8,10H2,(H,21,22)(H,23,24)/t13-,14+/m0/s1. The Hall–Kier alpha value is -2.24. The molecule has 1 fully saturated rings. The lowest BCUT2D eigenvalue weighted by Crippen LogP contribution is -2.52. The van der Waals surface area contributed by atoms with Crippen LogP contribution in [0.3, 0.4) is 0 Å². The molecule has 0 aromatic heterocycles. The summed E-state index contributed by atoms with van der Waals surface area (Å²) >= 11 is 0. The zero-order valence-electron chi connectivity index (χ0n) is 13.1. The molecule has 0 aliphatic heterocycles. The van der Waals surface area contributed by atoms with E-state index in [4.69, 9.17) is 5.11 Å². The van der Waals surface area contributed by atoms with Crippen molar-refractivity contribution < 1.29 is 23.5 Å². The second-order valence-corrected chi connectivity index (χ2v) is 6.66. The van der Waals surface area contributed by atoms with E-state index in [-0.39, 0.29) is 12.3 Å². The summed E-state index contributed by atoms with van der Waals surface area (Å²) in [6, 6.07) is 3.45. The van der Waals surface area contributed by atoms with Crippen LogP contribution in [0.5, 0.6) is 0 Å². The van der Waals surface area contributed by atoms with Gasteiger partial charge in [0.1, 0.15) is 11.6 Å². The van der Waals surface area contributed by atoms with Crippen molar-refractivity contribution in [1.82, 2.24) is 5.32 Å². The van der Waals surface area contributed by atoms with Gasteiger partial charge in [0.05, 0.1) is 11.8 Å². The van der Waals surface area contributed by atoms with E-state index >= 15 is 0 Å². The van der Waals surface area contributed by atoms with E-state index in [1.54, 1.807) is 6.08 Å². The molecule has 0 spiro atoms. The Balaban J connectivity index is 1.75. The van der Waals surface area contributed by atoms with Gasteiger partial charge >= 0.3 is 5.97 Å². The summed E-state index contributed by atoms with van der Waals surface area (Å²) in [5.74, 6) is -4.10. The van der Waals surface area contributed by atoms with E-state index in [1.807, 2.05) is 0 Å². The number of hydrogen-bond donors (Lipinski definition) is 2. The first kappa shape index (κ1) is 16.6. The molecule has 0 saturated heterocycles. The number of nitrogens with one attached hydrogen (secondary N) is 1. The highest BCUT2D eigenvalue weighted by Gasteiger charge is 2.41. The number of hydrogen-bond acceptors (Lipinski definition) is 2. The molecule has 6 heteroatoms. The van der Waals surface area contributed by atoms with E-state index in [0.717, 1.165) is 18.9 Å². The fourth-order valence-electron chi connectivity index (χ4n) is 3.59. The van der Waals surface area contributed by atoms with Crippen molar-refractivity contribution in [2.75, 3.05) is 0 Å². The quantitative estimate of drug-likeness (QED) is 0.813. The van der Waals surface area contributed by atoms with Crippen LogP contribution in [-0.4, -0.2) is 22.5 Å². The monoisotopic (exact) mass is 335 g/mol. The number of aliphatic carboxylic acids is 1. The van der Waals surface area contributed by atoms with Crippen molar-refractivity contribution in [2.45, 2.75) is 37.6 Å². The molecule has 2 aliphatic rings. The lowest BCUT2D eigenvalue weighted by atomic mass is 9.80. The Morgan fingerprint density at radius 2 is 1.83 bits per heavy atom. The number of carbonyl (C=O) groups is 2. The van der Waals surface area contributed by atoms with Crippen molar-refractivity contribution in [3.8, 4) is 0 Å². The highest BCUT2D eigenvalue weighted by atomic mass is 19.1. The van der Waals surface area contributed by atoms with Crippen LogP contribution in [0.2, 0.25) is 0 Å². The summed E-state index contributed by atoms with van der Waals surface area (Å²) < 4.78 is 27.0. The number of amides is 1. The van der Waals surface area contributed by atoms with Gasteiger partial charge in [0.2, 0.25) is 5.91 Å². The topological polar surface area (TPSA) is 66.4 Å². The molecule has 2 N–H and O–H groups in total. The Kier molecular flexibility index (Phi) is 4.39. The van der Waals surface area contributed by atoms with Gasteiger partial charge in [-0.3, -0.25) is 9.59 Å². The fourth-order valence-corrected chi connectivity index (χ4v) is 3.59. The highest BCUT2D eigenvalue weighted by molar-refractivity contribution is 5.90. The molecule has 2 atom stereocenters. The van der Waals surface area contributed by atoms with Gasteiger partial charge in [0, 0.05) is 11.6 Å². The van der Waals surface area contributed by atoms with Crippen LogP contribution in [0.25, 0.3) is 0 Å². The molecule has 4 nitrogen and oxygen atoms in total. The number of benzene rings is 1. The molecule has 1 saturated carbocycles. The maximum Gasteiger partial charge on any atom is 0.311 e. The molecule has 128 valence electrons. The first-order valence-electron chi connectivity index (χ1n) is 8.07. The summed E-state index contributed by atoms with van der Waals surface area (Å²) in [6.45, 7) is 0. The second-order valence-electron chi connectivity index (χ2n) is 6.66. The smallest absolute Gasteiger partial charge is 0.311 e. The van der Waals surface area contributed by atoms with Gasteiger partial charge in [0.25, 0.3) is 0 Å². The number of rotatable bonds is 5. The van der Waals surface area contributed by atoms with Crippen molar-refractivity contribution in [3.63, 3.8) is 0 Å². The van der Waals surface area contributed by atoms with Crippen LogP contribution in [0, 0.1) is 23.5 Å². The average molecular weight is 335 g/mol. The molecule has 0 unspecified atom stereocenters. The van der Waals surface area contributed by atoms with Crippen molar-refractivity contribution >= 4 is 11.9 Å². The Morgan fingerprint density at radius 1 is 1.17 bits per heavy atom. The third-order valence-electron chi connectivity index (χ3n) is 4.99. The third kappa shape index (κ3) is 3.18. The zero-order chi connectivity index (χ0) is 17.3. The largest absolute Gasteiger partial charge is 0.481 e. The second kappa shape index (κ2) is 6.34. The summed E-state index contributed by atoms with van der Waals surface area (Å²) in [4.78, 5) is 23.5. The van der Waals surface area contributed by atoms with Crippen molar-refractivity contribution in [1.29, 1.82) is 0 Å². The summed E-state index contributed by atoms with van der Waals surface area (Å²) in [6.07, 6.45) is 6.56. The molecule has 0 heterocycles. The number of carboxylic acids is 1. The Labute approximate surface area is 138 Å². The SMILES string of the molecule is O=C(NC1(Cc2ccc(F)cc2F)CCCC1)[C@H]1C=C[C@H]1C(=O)O. The van der Waals surface area contributed by atoms with Gasteiger partial charge < -0.3 is 10.4 Å². The van der Waals surface area contributed by atoms with Gasteiger partial charge in [-0.2, -0.15) is 0 Å². The van der Waals surface area contributed by atoms with E-state index in [0.29, 0.717) is 18.4 Å². The number of carboxylic acid groups (broad SMARTS) is 1. The summed E-state index contributed by atoms with van der Waals surface area (Å²) in [7, 11) is 0. The van der Waals surface area contributed by atoms with Crippen LogP contribution in [0.4, 0.5) is 8.78 Å². The van der Waals surface area contributed by atoms with E-state index in [9.17, 15) is 18.4 Å². The molecule has 1 amide bonds. The normalized spacial score (nSPS) is 24.4. The number of carbonyl (C=O) groups excluding carboxylic acids is 1. The lowest BCUT2D eigenvalue weighted by molar-refractivity contribution is -0.145. The molecule has 0 radical (unpaired) electrons. The molecule has 2 aliphatic carbocycles. The van der Waals surface area contributed by atoms with E-state index in [2.05, 4.69) is 5.32 Å². The Bertz CT molecular complexity index is 696. The molecular formula is C18H19F2NO3. The van der Waals surface area contributed by atoms with Crippen molar-refractivity contribution in [3.05, 3.63) is 47.5 Å². The van der Waals surface area contributed by atoms with Crippen LogP contribution in [0.1, 0.15) is 31.2 Å². The highest BCUT2D eigenvalue weighted by Crippen LogP contribution is 2.35. The van der Waals surface area contributed by atoms with Gasteiger partial charge in [0.15, 0.2) is 0 Å². The van der Waals surface area contributed by atoms with Crippen LogP contribution < -0.4 is 5.32 Å². The van der Waals surface area contributed by atoms with Gasteiger partial charge in [-0.25, -0.2) is 8.78 Å². The van der Waals surface area contributed by atoms with Gasteiger partial charge in [-0.1, -0.05) is 31.1 Å². The van der Waals surface area contributed by atoms with Crippen LogP contribution in [0.15, 0.2) is 30.4 Å². The summed E-state index contributed by atoms with van der Waals surface area (Å²) in [5.41, 5.74) is -0.236. The molecule has 1 aromatic carbocycles. The van der Waals surface area contributed by atoms with Crippen LogP contribution >= 0.6 is 0 Å². The maximum atomic E-state index is 14.0. The Morgan fingerprint density at radius 3 is 2.38 bits per heavy atom. The summed E-state index contributed by atoms with van der Waals surface area (Å²) in [5, 5.41) is 12.0. The lowest BCUT2D eigenvalue weighted by Gasteiger charge is -2.34. The first-order chi connectivity index (χ1) is 11.4. The molecule has 0 bridgehead atoms. The minimum Gasteiger partial charge on any atom is -0.481 e. The predicted octanol–water partition coefficient (Wildman–Crippen LogP) is 2.82. The fraction of sp³-hybridized carbons (Fsp3) is 0.444. The van der Waals surface area contributed by atoms with E-state index < -0.39 is 35.0 Å². The van der Waals surface area contributed by atoms with Gasteiger partial charge in [-0.15, -0.1) is 0 Å². The molecule has 24 heavy (non-hydrogen) atoms. The molecule has 3 rings (SSSR count). The molecular weight excluding hydrogens is 316 g/mol. The number of halogens is 2. The molecule has 1 aromatic rings. The predicted molar refractivity (Wildman–Crippen MR) is 83.2 cm³/mol. The zero-order valence-corrected chi connectivity index (χ0v) is 13.1. The maximum absolute atomic E-state index is 14.0. The van der Waals surface area contributed by atoms with Gasteiger partial charge in [-0.05, 0) is 30.9 Å². The van der Waals surface area contributed by atoms with Crippen molar-refractivity contribution in [2.24, 2.45) is 11.8 Å². The third-order valence-corrected chi connectivity index (χ3v) is 4.99. The van der Waals surface area contributed by atoms with Crippen LogP contribution in [-0.2, 0) is 16.0 Å². The van der Waals surface area contributed by atoms with E-state index in [1.165, 1.54) is 18.2 Å². The first-order valence-corrected chi connectivity index (χ1v) is 8.07. The minimum atomic E-state index is -1.03.